The number of nitrogens with one attached hydrogen (secondary N) is 1. The molecule has 0 unspecified atom stereocenters. The normalized spacial score (nSPS) is 12.5. The standard InChI is InChI=1S/C17H20FN5O3/c1-10(24)8-19-16-20-14-13(15(25)22(3)17(26)21(14)2)23(16)9-11-6-4-5-7-12(11)18/h4-7,10,24H,8-9H2,1-3H3,(H,19,20)/t10-/m1/s1. The maximum absolute atomic E-state index is 14.1. The number of fused-ring (bicyclic) bond motifs is 1. The Bertz CT molecular complexity index is 1080. The Hall–Kier alpha value is -2.94. The minimum atomic E-state index is -0.650. The quantitative estimate of drug-likeness (QED) is 0.687. The molecule has 2 aromatic heterocycles. The monoisotopic (exact) mass is 361 g/mol. The molecule has 0 bridgehead atoms. The van der Waals surface area contributed by atoms with Crippen LogP contribution >= 0.6 is 0 Å². The molecule has 9 heteroatoms. The Labute approximate surface area is 148 Å². The number of nitrogens with zero attached hydrogens (tertiary/aromatic N) is 4. The summed E-state index contributed by atoms with van der Waals surface area (Å²) in [6.07, 6.45) is -0.650. The van der Waals surface area contributed by atoms with Crippen LogP contribution in [0.4, 0.5) is 10.3 Å². The second-order valence-corrected chi connectivity index (χ2v) is 6.22. The minimum absolute atomic E-state index is 0.0543. The van der Waals surface area contributed by atoms with Crippen LogP contribution in [0.15, 0.2) is 33.9 Å². The fraction of sp³-hybridized carbons (Fsp3) is 0.353. The first-order valence-corrected chi connectivity index (χ1v) is 8.12. The van der Waals surface area contributed by atoms with Crippen molar-refractivity contribution in [3.63, 3.8) is 0 Å². The topological polar surface area (TPSA) is 94.1 Å². The zero-order valence-corrected chi connectivity index (χ0v) is 14.7. The highest BCUT2D eigenvalue weighted by molar-refractivity contribution is 5.74. The van der Waals surface area contributed by atoms with Gasteiger partial charge in [-0.1, -0.05) is 18.2 Å². The van der Waals surface area contributed by atoms with Gasteiger partial charge >= 0.3 is 5.69 Å². The third-order valence-corrected chi connectivity index (χ3v) is 4.19. The van der Waals surface area contributed by atoms with Crippen molar-refractivity contribution in [1.82, 2.24) is 18.7 Å². The van der Waals surface area contributed by atoms with Crippen molar-refractivity contribution in [3.8, 4) is 0 Å². The predicted octanol–water partition coefficient (Wildman–Crippen LogP) is 0.414. The van der Waals surface area contributed by atoms with E-state index in [2.05, 4.69) is 10.3 Å². The van der Waals surface area contributed by atoms with E-state index < -0.39 is 23.2 Å². The summed E-state index contributed by atoms with van der Waals surface area (Å²) in [5, 5.41) is 12.5. The Morgan fingerprint density at radius 2 is 1.92 bits per heavy atom. The molecule has 26 heavy (non-hydrogen) atoms. The van der Waals surface area contributed by atoms with Crippen LogP contribution in [0.5, 0.6) is 0 Å². The van der Waals surface area contributed by atoms with Gasteiger partial charge in [0, 0.05) is 26.2 Å². The molecule has 0 fully saturated rings. The van der Waals surface area contributed by atoms with E-state index in [0.29, 0.717) is 5.56 Å². The summed E-state index contributed by atoms with van der Waals surface area (Å²) in [6.45, 7) is 1.85. The van der Waals surface area contributed by atoms with Crippen LogP contribution < -0.4 is 16.6 Å². The van der Waals surface area contributed by atoms with E-state index in [1.165, 1.54) is 29.3 Å². The van der Waals surface area contributed by atoms with E-state index in [0.717, 1.165) is 4.57 Å². The third-order valence-electron chi connectivity index (χ3n) is 4.19. The highest BCUT2D eigenvalue weighted by atomic mass is 19.1. The van der Waals surface area contributed by atoms with E-state index >= 15 is 0 Å². The van der Waals surface area contributed by atoms with Crippen molar-refractivity contribution in [2.45, 2.75) is 19.6 Å². The van der Waals surface area contributed by atoms with Gasteiger partial charge in [0.2, 0.25) is 5.95 Å². The van der Waals surface area contributed by atoms with Crippen molar-refractivity contribution >= 4 is 17.1 Å². The van der Waals surface area contributed by atoms with Gasteiger partial charge in [-0.15, -0.1) is 0 Å². The summed E-state index contributed by atoms with van der Waals surface area (Å²) in [6, 6.07) is 6.24. The molecule has 0 aliphatic rings. The Morgan fingerprint density at radius 1 is 1.23 bits per heavy atom. The largest absolute Gasteiger partial charge is 0.392 e. The lowest BCUT2D eigenvalue weighted by Crippen LogP contribution is -2.37. The van der Waals surface area contributed by atoms with Crippen LogP contribution in [0.2, 0.25) is 0 Å². The number of aromatic nitrogens is 4. The first-order valence-electron chi connectivity index (χ1n) is 8.12. The van der Waals surface area contributed by atoms with Crippen LogP contribution in [0.25, 0.3) is 11.2 Å². The molecule has 2 N–H and O–H groups in total. The number of anilines is 1. The Morgan fingerprint density at radius 3 is 2.58 bits per heavy atom. The molecule has 0 amide bonds. The maximum atomic E-state index is 14.1. The molecule has 2 heterocycles. The second kappa shape index (κ2) is 6.75. The van der Waals surface area contributed by atoms with Crippen LogP contribution in [0, 0.1) is 5.82 Å². The number of hydrogen-bond donors (Lipinski definition) is 2. The number of aliphatic hydroxyl groups excluding tert-OH is 1. The third kappa shape index (κ3) is 3.01. The predicted molar refractivity (Wildman–Crippen MR) is 95.9 cm³/mol. The van der Waals surface area contributed by atoms with E-state index in [-0.39, 0.29) is 30.2 Å². The van der Waals surface area contributed by atoms with E-state index in [9.17, 15) is 19.1 Å². The maximum Gasteiger partial charge on any atom is 0.332 e. The molecule has 0 aliphatic carbocycles. The lowest BCUT2D eigenvalue weighted by atomic mass is 10.2. The molecule has 3 rings (SSSR count). The summed E-state index contributed by atoms with van der Waals surface area (Å²) in [7, 11) is 2.90. The SMILES string of the molecule is C[C@@H](O)CNc1nc2c(c(=O)n(C)c(=O)n2C)n1Cc1ccccc1F. The van der Waals surface area contributed by atoms with E-state index in [1.807, 2.05) is 0 Å². The molecule has 0 aliphatic heterocycles. The molecule has 0 saturated heterocycles. The number of hydrogen-bond acceptors (Lipinski definition) is 5. The number of aryl methyl sites for hydroxylation is 1. The van der Waals surface area contributed by atoms with Crippen molar-refractivity contribution in [1.29, 1.82) is 0 Å². The molecular formula is C17H20FN5O3. The molecule has 0 saturated carbocycles. The van der Waals surface area contributed by atoms with E-state index in [1.54, 1.807) is 25.1 Å². The zero-order valence-electron chi connectivity index (χ0n) is 14.7. The van der Waals surface area contributed by atoms with Crippen molar-refractivity contribution in [2.24, 2.45) is 14.1 Å². The summed E-state index contributed by atoms with van der Waals surface area (Å²) < 4.78 is 17.9. The van der Waals surface area contributed by atoms with Gasteiger partial charge in [-0.3, -0.25) is 18.5 Å². The molecular weight excluding hydrogens is 341 g/mol. The van der Waals surface area contributed by atoms with Crippen LogP contribution in [0.1, 0.15) is 12.5 Å². The van der Waals surface area contributed by atoms with Crippen molar-refractivity contribution in [3.05, 3.63) is 56.5 Å². The summed E-state index contributed by atoms with van der Waals surface area (Å²) in [5.41, 5.74) is -0.256. The van der Waals surface area contributed by atoms with Gasteiger partial charge in [0.1, 0.15) is 5.82 Å². The lowest BCUT2D eigenvalue weighted by Gasteiger charge is -2.12. The molecule has 0 radical (unpaired) electrons. The summed E-state index contributed by atoms with van der Waals surface area (Å²) in [5.74, 6) is -0.125. The van der Waals surface area contributed by atoms with Gasteiger partial charge in [-0.2, -0.15) is 4.98 Å². The fourth-order valence-corrected chi connectivity index (χ4v) is 2.77. The smallest absolute Gasteiger partial charge is 0.332 e. The van der Waals surface area contributed by atoms with Crippen molar-refractivity contribution < 1.29 is 9.50 Å². The van der Waals surface area contributed by atoms with Crippen molar-refractivity contribution in [2.75, 3.05) is 11.9 Å². The van der Waals surface area contributed by atoms with Gasteiger partial charge in [0.25, 0.3) is 5.56 Å². The highest BCUT2D eigenvalue weighted by Crippen LogP contribution is 2.19. The molecule has 1 atom stereocenters. The summed E-state index contributed by atoms with van der Waals surface area (Å²) >= 11 is 0. The minimum Gasteiger partial charge on any atom is -0.392 e. The molecule has 1 aromatic carbocycles. The fourth-order valence-electron chi connectivity index (χ4n) is 2.77. The van der Waals surface area contributed by atoms with Crippen LogP contribution in [-0.2, 0) is 20.6 Å². The van der Waals surface area contributed by atoms with Gasteiger partial charge < -0.3 is 10.4 Å². The van der Waals surface area contributed by atoms with Gasteiger partial charge in [-0.05, 0) is 13.0 Å². The number of rotatable bonds is 5. The average Bonchev–Trinajstić information content (AvgIpc) is 2.97. The van der Waals surface area contributed by atoms with Crippen LogP contribution in [-0.4, -0.2) is 36.4 Å². The highest BCUT2D eigenvalue weighted by Gasteiger charge is 2.20. The first kappa shape index (κ1) is 17.9. The zero-order chi connectivity index (χ0) is 19.0. The Kier molecular flexibility index (Phi) is 4.64. The lowest BCUT2D eigenvalue weighted by molar-refractivity contribution is 0.208. The van der Waals surface area contributed by atoms with Gasteiger partial charge in [-0.25, -0.2) is 9.18 Å². The van der Waals surface area contributed by atoms with Crippen LogP contribution in [0.3, 0.4) is 0 Å². The van der Waals surface area contributed by atoms with Gasteiger partial charge in [0.05, 0.1) is 12.6 Å². The number of halogens is 1. The molecule has 0 spiro atoms. The first-order chi connectivity index (χ1) is 12.3. The average molecular weight is 361 g/mol. The summed E-state index contributed by atoms with van der Waals surface area (Å²) in [4.78, 5) is 29.2. The number of imidazole rings is 1. The Balaban J connectivity index is 2.26. The molecule has 3 aromatic rings. The van der Waals surface area contributed by atoms with Gasteiger partial charge in [0.15, 0.2) is 11.2 Å². The second-order valence-electron chi connectivity index (χ2n) is 6.22. The number of aliphatic hydroxyl groups is 1. The van der Waals surface area contributed by atoms with E-state index in [4.69, 9.17) is 0 Å². The number of benzene rings is 1. The molecule has 138 valence electrons. The molecule has 8 nitrogen and oxygen atoms in total.